The summed E-state index contributed by atoms with van der Waals surface area (Å²) in [5.41, 5.74) is 9.26. The van der Waals surface area contributed by atoms with E-state index in [0.29, 0.717) is 5.57 Å². The Labute approximate surface area is 180 Å². The maximum atomic E-state index is 14.4. The van der Waals surface area contributed by atoms with Crippen molar-refractivity contribution in [1.82, 2.24) is 0 Å². The van der Waals surface area contributed by atoms with Crippen LogP contribution in [0.4, 0.5) is 8.78 Å². The van der Waals surface area contributed by atoms with Crippen molar-refractivity contribution in [2.24, 2.45) is 5.73 Å². The van der Waals surface area contributed by atoms with Gasteiger partial charge in [0, 0.05) is 17.7 Å². The molecule has 0 aliphatic carbocycles. The average molecular weight is 381 g/mol. The summed E-state index contributed by atoms with van der Waals surface area (Å²) in [7, 11) is 0. The predicted octanol–water partition coefficient (Wildman–Crippen LogP) is -0.00740. The summed E-state index contributed by atoms with van der Waals surface area (Å²) in [4.78, 5) is 10.9. The second-order valence-electron chi connectivity index (χ2n) is 6.09. The first-order valence-electron chi connectivity index (χ1n) is 8.61. The molecule has 0 aromatic heterocycles. The van der Waals surface area contributed by atoms with Crippen molar-refractivity contribution in [3.8, 4) is 0 Å². The van der Waals surface area contributed by atoms with Crippen LogP contribution in [0.1, 0.15) is 42.5 Å². The average Bonchev–Trinajstić information content (AvgIpc) is 2.62. The van der Waals surface area contributed by atoms with E-state index in [1.807, 2.05) is 25.1 Å². The molecule has 0 bridgehead atoms. The van der Waals surface area contributed by atoms with Crippen LogP contribution in [0.25, 0.3) is 5.57 Å². The molecule has 0 aliphatic heterocycles. The number of rotatable bonds is 7. The molecule has 0 radical (unpaired) electrons. The molecule has 2 N–H and O–H groups in total. The van der Waals surface area contributed by atoms with Crippen molar-refractivity contribution in [2.75, 3.05) is 0 Å². The third-order valence-electron chi connectivity index (χ3n) is 4.38. The van der Waals surface area contributed by atoms with Crippen LogP contribution in [0.5, 0.6) is 0 Å². The van der Waals surface area contributed by atoms with Crippen LogP contribution in [0, 0.1) is 11.6 Å². The summed E-state index contributed by atoms with van der Waals surface area (Å²) in [6.45, 7) is 4.09. The molecule has 0 fully saturated rings. The minimum atomic E-state index is -1.38. The van der Waals surface area contributed by atoms with E-state index in [1.54, 1.807) is 6.08 Å². The number of carbonyl (C=O) groups is 1. The largest absolute Gasteiger partial charge is 1.00 e. The number of hydrogen-bond donors (Lipinski definition) is 1. The first-order chi connectivity index (χ1) is 12.4. The molecular weight excluding hydrogens is 359 g/mol. The predicted molar refractivity (Wildman–Crippen MR) is 96.2 cm³/mol. The molecule has 138 valence electrons. The van der Waals surface area contributed by atoms with Crippen molar-refractivity contribution < 1.29 is 48.2 Å². The Morgan fingerprint density at radius 3 is 2.33 bits per heavy atom. The Morgan fingerprint density at radius 1 is 1.11 bits per heavy atom. The molecule has 1 atom stereocenters. The van der Waals surface area contributed by atoms with Crippen LogP contribution in [0.2, 0.25) is 0 Å². The van der Waals surface area contributed by atoms with Crippen LogP contribution in [-0.4, -0.2) is 12.0 Å². The molecular formula is C21H22F2NNaO2. The van der Waals surface area contributed by atoms with Gasteiger partial charge in [0.15, 0.2) is 0 Å². The van der Waals surface area contributed by atoms with Crippen LogP contribution < -0.4 is 40.4 Å². The zero-order valence-electron chi connectivity index (χ0n) is 15.9. The Morgan fingerprint density at radius 2 is 1.78 bits per heavy atom. The summed E-state index contributed by atoms with van der Waals surface area (Å²) in [5.74, 6) is -2.76. The van der Waals surface area contributed by atoms with E-state index in [1.165, 1.54) is 17.7 Å². The fourth-order valence-electron chi connectivity index (χ4n) is 2.90. The first kappa shape index (κ1) is 23.5. The van der Waals surface area contributed by atoms with Gasteiger partial charge in [-0.25, -0.2) is 8.78 Å². The van der Waals surface area contributed by atoms with Gasteiger partial charge < -0.3 is 15.6 Å². The smallest absolute Gasteiger partial charge is 0.548 e. The summed E-state index contributed by atoms with van der Waals surface area (Å²) in [6.07, 6.45) is 3.24. The van der Waals surface area contributed by atoms with E-state index in [4.69, 9.17) is 5.73 Å². The molecule has 2 aromatic rings. The Kier molecular flexibility index (Phi) is 9.33. The van der Waals surface area contributed by atoms with Crippen LogP contribution in [0.15, 0.2) is 42.5 Å². The number of carboxylic acids is 1. The van der Waals surface area contributed by atoms with Crippen LogP contribution in [0.3, 0.4) is 0 Å². The molecule has 0 spiro atoms. The van der Waals surface area contributed by atoms with E-state index in [2.05, 4.69) is 6.92 Å². The van der Waals surface area contributed by atoms with Crippen molar-refractivity contribution in [1.29, 1.82) is 0 Å². The van der Waals surface area contributed by atoms with Gasteiger partial charge in [0.05, 0.1) is 5.97 Å². The van der Waals surface area contributed by atoms with Gasteiger partial charge in [-0.2, -0.15) is 0 Å². The number of aryl methyl sites for hydroxylation is 2. The molecule has 0 saturated heterocycles. The monoisotopic (exact) mass is 381 g/mol. The zero-order chi connectivity index (χ0) is 19.3. The molecule has 0 unspecified atom stereocenters. The molecule has 0 heterocycles. The molecule has 3 nitrogen and oxygen atoms in total. The van der Waals surface area contributed by atoms with E-state index in [9.17, 15) is 18.7 Å². The summed E-state index contributed by atoms with van der Waals surface area (Å²) in [6, 6.07) is 7.92. The number of hydrogen-bond acceptors (Lipinski definition) is 3. The number of carbonyl (C=O) groups excluding carboxylic acids is 1. The van der Waals surface area contributed by atoms with Crippen molar-refractivity contribution in [2.45, 2.75) is 39.2 Å². The normalized spacial score (nSPS) is 12.4. The maximum Gasteiger partial charge on any atom is 1.00 e. The van der Waals surface area contributed by atoms with E-state index in [-0.39, 0.29) is 41.5 Å². The van der Waals surface area contributed by atoms with E-state index >= 15 is 0 Å². The summed E-state index contributed by atoms with van der Waals surface area (Å²) >= 11 is 0. The third kappa shape index (κ3) is 5.98. The van der Waals surface area contributed by atoms with E-state index in [0.717, 1.165) is 30.0 Å². The first-order valence-corrected chi connectivity index (χ1v) is 8.61. The van der Waals surface area contributed by atoms with Crippen molar-refractivity contribution in [3.63, 3.8) is 0 Å². The number of benzene rings is 2. The van der Waals surface area contributed by atoms with E-state index < -0.39 is 23.6 Å². The quantitative estimate of drug-likeness (QED) is 0.687. The van der Waals surface area contributed by atoms with Gasteiger partial charge in [0.2, 0.25) is 0 Å². The van der Waals surface area contributed by atoms with Gasteiger partial charge in [-0.3, -0.25) is 0 Å². The molecule has 0 aliphatic rings. The second kappa shape index (κ2) is 10.7. The number of nitrogens with two attached hydrogens (primary N) is 1. The Bertz CT molecular complexity index is 837. The number of halogens is 2. The van der Waals surface area contributed by atoms with Gasteiger partial charge in [0.1, 0.15) is 11.6 Å². The summed E-state index contributed by atoms with van der Waals surface area (Å²) < 4.78 is 27.6. The topological polar surface area (TPSA) is 66.2 Å². The minimum Gasteiger partial charge on any atom is -0.548 e. The van der Waals surface area contributed by atoms with Gasteiger partial charge in [0.25, 0.3) is 0 Å². The van der Waals surface area contributed by atoms with Gasteiger partial charge in [-0.1, -0.05) is 38.1 Å². The van der Waals surface area contributed by atoms with Gasteiger partial charge in [-0.15, -0.1) is 0 Å². The molecule has 0 amide bonds. The summed E-state index contributed by atoms with van der Waals surface area (Å²) in [5, 5.41) is 10.9. The molecule has 27 heavy (non-hydrogen) atoms. The third-order valence-corrected chi connectivity index (χ3v) is 4.38. The molecule has 0 saturated carbocycles. The Balaban J connectivity index is 0.00000364. The second-order valence-corrected chi connectivity index (χ2v) is 6.09. The fourth-order valence-corrected chi connectivity index (χ4v) is 2.90. The van der Waals surface area contributed by atoms with Crippen molar-refractivity contribution >= 4 is 11.5 Å². The van der Waals surface area contributed by atoms with Crippen LogP contribution >= 0.6 is 0 Å². The van der Waals surface area contributed by atoms with Crippen LogP contribution in [-0.2, 0) is 17.6 Å². The molecule has 2 rings (SSSR count). The fraction of sp³-hybridized carbons (Fsp3) is 0.286. The zero-order valence-corrected chi connectivity index (χ0v) is 17.9. The minimum absolute atomic E-state index is 0. The number of aliphatic carboxylic acids is 1. The Hall–Kier alpha value is -1.53. The molecule has 6 heteroatoms. The van der Waals surface area contributed by atoms with Gasteiger partial charge >= 0.3 is 29.6 Å². The SMILES string of the molecule is CCc1ccc(/C(=C\C[C@H](N)C(=O)[O-])c2ccc(F)cc2F)cc1CC.[Na+]. The van der Waals surface area contributed by atoms with Crippen molar-refractivity contribution in [3.05, 3.63) is 76.4 Å². The standard InChI is InChI=1S/C21H23F2NO2.Na/c1-3-13-5-6-15(11-14(13)4-2)17(9-10-20(24)21(25)26)18-8-7-16(22)12-19(18)23;/h5-9,11-12,20H,3-4,10,24H2,1-2H3,(H,25,26);/q;+1/p-1/b17-9+;/t20-;/m0./s1. The molecule has 2 aromatic carbocycles. The number of carboxylic acid groups (broad SMARTS) is 1. The van der Waals surface area contributed by atoms with Gasteiger partial charge in [-0.05, 0) is 53.7 Å². The maximum absolute atomic E-state index is 14.4.